The van der Waals surface area contributed by atoms with Crippen molar-refractivity contribution in [3.63, 3.8) is 0 Å². The molecule has 0 aliphatic rings. The van der Waals surface area contributed by atoms with E-state index in [1.807, 2.05) is 0 Å². The molecular weight excluding hydrogens is 373 g/mol. The number of alkyl halides is 3. The van der Waals surface area contributed by atoms with E-state index in [4.69, 9.17) is 9.15 Å². The highest BCUT2D eigenvalue weighted by Crippen LogP contribution is 2.35. The first-order valence-corrected chi connectivity index (χ1v) is 8.30. The first-order valence-electron chi connectivity index (χ1n) is 8.30. The lowest BCUT2D eigenvalue weighted by molar-refractivity contribution is -0.144. The van der Waals surface area contributed by atoms with Crippen LogP contribution >= 0.6 is 0 Å². The summed E-state index contributed by atoms with van der Waals surface area (Å²) in [7, 11) is 0. The van der Waals surface area contributed by atoms with Crippen molar-refractivity contribution >= 4 is 21.9 Å². The van der Waals surface area contributed by atoms with Crippen LogP contribution in [0.4, 0.5) is 13.2 Å². The minimum Gasteiger partial charge on any atom is -0.438 e. The van der Waals surface area contributed by atoms with Crippen LogP contribution in [0.15, 0.2) is 51.7 Å². The molecule has 0 aliphatic carbocycles. The number of para-hydroxylation sites is 1. The molecule has 2 heterocycles. The van der Waals surface area contributed by atoms with Gasteiger partial charge in [-0.3, -0.25) is 0 Å². The predicted octanol–water partition coefficient (Wildman–Crippen LogP) is 5.16. The van der Waals surface area contributed by atoms with Gasteiger partial charge in [0, 0.05) is 17.0 Å². The van der Waals surface area contributed by atoms with Crippen LogP contribution in [0.25, 0.3) is 21.9 Å². The minimum absolute atomic E-state index is 0.112. The molecule has 0 spiro atoms. The van der Waals surface area contributed by atoms with Crippen molar-refractivity contribution in [3.05, 3.63) is 69.8 Å². The molecule has 2 aromatic carbocycles. The van der Waals surface area contributed by atoms with E-state index in [0.29, 0.717) is 21.9 Å². The van der Waals surface area contributed by atoms with Crippen molar-refractivity contribution in [1.82, 2.24) is 9.97 Å². The van der Waals surface area contributed by atoms with Crippen molar-refractivity contribution in [2.24, 2.45) is 0 Å². The van der Waals surface area contributed by atoms with Crippen LogP contribution in [0.5, 0.6) is 11.6 Å². The second-order valence-corrected chi connectivity index (χ2v) is 6.28. The maximum absolute atomic E-state index is 13.2. The summed E-state index contributed by atoms with van der Waals surface area (Å²) in [5, 5.41) is 1.05. The lowest BCUT2D eigenvalue weighted by Crippen LogP contribution is -2.12. The molecular formula is C20H13F3N2O3. The molecule has 0 radical (unpaired) electrons. The molecule has 0 fully saturated rings. The SMILES string of the molecule is Cc1cc(=O)oc2c(C)c(Oc3nc(C(F)(F)F)nc4ccccc34)ccc12. The molecule has 0 bridgehead atoms. The average molecular weight is 386 g/mol. The number of halogens is 3. The van der Waals surface area contributed by atoms with E-state index in [1.54, 1.807) is 44.2 Å². The monoisotopic (exact) mass is 386 g/mol. The van der Waals surface area contributed by atoms with Crippen LogP contribution in [0.1, 0.15) is 17.0 Å². The Labute approximate surface area is 156 Å². The predicted molar refractivity (Wildman–Crippen MR) is 96.6 cm³/mol. The molecule has 4 rings (SSSR count). The third-order valence-electron chi connectivity index (χ3n) is 4.35. The van der Waals surface area contributed by atoms with Gasteiger partial charge in [0.15, 0.2) is 0 Å². The van der Waals surface area contributed by atoms with Gasteiger partial charge in [-0.2, -0.15) is 18.2 Å². The zero-order valence-corrected chi connectivity index (χ0v) is 14.8. The molecule has 0 aliphatic heterocycles. The Balaban J connectivity index is 1.91. The number of hydrogen-bond donors (Lipinski definition) is 0. The molecule has 0 unspecified atom stereocenters. The summed E-state index contributed by atoms with van der Waals surface area (Å²) < 4.78 is 50.5. The Kier molecular flexibility index (Phi) is 4.06. The lowest BCUT2D eigenvalue weighted by Gasteiger charge is -2.13. The van der Waals surface area contributed by atoms with E-state index in [9.17, 15) is 18.0 Å². The highest BCUT2D eigenvalue weighted by molar-refractivity contribution is 5.86. The number of aryl methyl sites for hydroxylation is 2. The molecule has 0 saturated carbocycles. The smallest absolute Gasteiger partial charge is 0.438 e. The van der Waals surface area contributed by atoms with Crippen LogP contribution in [-0.4, -0.2) is 9.97 Å². The Morgan fingerprint density at radius 1 is 1.00 bits per heavy atom. The van der Waals surface area contributed by atoms with E-state index in [-0.39, 0.29) is 17.1 Å². The number of benzene rings is 2. The number of aromatic nitrogens is 2. The number of fused-ring (bicyclic) bond motifs is 2. The fourth-order valence-electron chi connectivity index (χ4n) is 2.97. The maximum Gasteiger partial charge on any atom is 0.451 e. The Bertz CT molecular complexity index is 1280. The third-order valence-corrected chi connectivity index (χ3v) is 4.35. The van der Waals surface area contributed by atoms with Gasteiger partial charge < -0.3 is 9.15 Å². The van der Waals surface area contributed by atoms with E-state index in [2.05, 4.69) is 9.97 Å². The van der Waals surface area contributed by atoms with Gasteiger partial charge >= 0.3 is 11.8 Å². The Morgan fingerprint density at radius 2 is 1.75 bits per heavy atom. The van der Waals surface area contributed by atoms with Gasteiger partial charge in [0.2, 0.25) is 11.7 Å². The van der Waals surface area contributed by atoms with Crippen LogP contribution in [0.2, 0.25) is 0 Å². The molecule has 0 saturated heterocycles. The van der Waals surface area contributed by atoms with Crippen molar-refractivity contribution in [1.29, 1.82) is 0 Å². The van der Waals surface area contributed by atoms with Gasteiger partial charge in [-0.15, -0.1) is 0 Å². The summed E-state index contributed by atoms with van der Waals surface area (Å²) in [5.74, 6) is -1.28. The van der Waals surface area contributed by atoms with Crippen LogP contribution in [-0.2, 0) is 6.18 Å². The van der Waals surface area contributed by atoms with E-state index in [1.165, 1.54) is 12.1 Å². The topological polar surface area (TPSA) is 65.2 Å². The number of hydrogen-bond acceptors (Lipinski definition) is 5. The number of rotatable bonds is 2. The first-order chi connectivity index (χ1) is 13.2. The van der Waals surface area contributed by atoms with Crippen LogP contribution in [0.3, 0.4) is 0 Å². The molecule has 142 valence electrons. The van der Waals surface area contributed by atoms with Crippen molar-refractivity contribution in [3.8, 4) is 11.6 Å². The van der Waals surface area contributed by atoms with Crippen molar-refractivity contribution in [2.75, 3.05) is 0 Å². The van der Waals surface area contributed by atoms with Gasteiger partial charge in [0.1, 0.15) is 11.3 Å². The summed E-state index contributed by atoms with van der Waals surface area (Å²) in [6, 6.07) is 10.9. The van der Waals surface area contributed by atoms with Gasteiger partial charge in [0.25, 0.3) is 0 Å². The average Bonchev–Trinajstić information content (AvgIpc) is 2.63. The molecule has 0 atom stereocenters. The summed E-state index contributed by atoms with van der Waals surface area (Å²) in [5.41, 5.74) is 1.12. The molecule has 4 aromatic rings. The van der Waals surface area contributed by atoms with Gasteiger partial charge in [-0.1, -0.05) is 12.1 Å². The zero-order valence-electron chi connectivity index (χ0n) is 14.8. The minimum atomic E-state index is -4.72. The third kappa shape index (κ3) is 3.06. The second-order valence-electron chi connectivity index (χ2n) is 6.28. The van der Waals surface area contributed by atoms with E-state index >= 15 is 0 Å². The van der Waals surface area contributed by atoms with E-state index < -0.39 is 17.6 Å². The molecule has 2 aromatic heterocycles. The van der Waals surface area contributed by atoms with Crippen molar-refractivity contribution < 1.29 is 22.3 Å². The molecule has 28 heavy (non-hydrogen) atoms. The van der Waals surface area contributed by atoms with Gasteiger partial charge in [-0.25, -0.2) is 9.78 Å². The summed E-state index contributed by atoms with van der Waals surface area (Å²) in [4.78, 5) is 18.8. The standard InChI is InChI=1S/C20H13F3N2O3/c1-10-9-16(26)28-17-11(2)15(8-7-12(10)17)27-18-13-5-3-4-6-14(13)24-19(25-18)20(21,22)23/h3-9H,1-2H3. The lowest BCUT2D eigenvalue weighted by atomic mass is 10.1. The van der Waals surface area contributed by atoms with Crippen LogP contribution in [0, 0.1) is 13.8 Å². The van der Waals surface area contributed by atoms with Gasteiger partial charge in [0.05, 0.1) is 10.9 Å². The quantitative estimate of drug-likeness (QED) is 0.445. The fourth-order valence-corrected chi connectivity index (χ4v) is 2.97. The fraction of sp³-hybridized carbons (Fsp3) is 0.150. The highest BCUT2D eigenvalue weighted by Gasteiger charge is 2.36. The summed E-state index contributed by atoms with van der Waals surface area (Å²) in [6.45, 7) is 3.43. The summed E-state index contributed by atoms with van der Waals surface area (Å²) in [6.07, 6.45) is -4.72. The summed E-state index contributed by atoms with van der Waals surface area (Å²) >= 11 is 0. The zero-order chi connectivity index (χ0) is 20.1. The highest BCUT2D eigenvalue weighted by atomic mass is 19.4. The number of ether oxygens (including phenoxy) is 1. The molecule has 0 N–H and O–H groups in total. The van der Waals surface area contributed by atoms with Crippen LogP contribution < -0.4 is 10.4 Å². The Morgan fingerprint density at radius 3 is 2.50 bits per heavy atom. The normalized spacial score (nSPS) is 11.9. The largest absolute Gasteiger partial charge is 0.451 e. The molecule has 5 nitrogen and oxygen atoms in total. The molecule has 8 heteroatoms. The molecule has 0 amide bonds. The first kappa shape index (κ1) is 18.0. The van der Waals surface area contributed by atoms with E-state index in [0.717, 1.165) is 5.56 Å². The number of nitrogens with zero attached hydrogens (tertiary/aromatic N) is 2. The van der Waals surface area contributed by atoms with Gasteiger partial charge in [-0.05, 0) is 43.7 Å². The Hall–Kier alpha value is -3.42. The maximum atomic E-state index is 13.2. The van der Waals surface area contributed by atoms with Crippen molar-refractivity contribution in [2.45, 2.75) is 20.0 Å². The second kappa shape index (κ2) is 6.33.